The average molecular weight is 485 g/mol. The van der Waals surface area contributed by atoms with E-state index in [9.17, 15) is 19.2 Å². The third kappa shape index (κ3) is 6.21. The van der Waals surface area contributed by atoms with Gasteiger partial charge in [0.2, 0.25) is 11.8 Å². The van der Waals surface area contributed by atoms with Crippen LogP contribution in [0.2, 0.25) is 0 Å². The summed E-state index contributed by atoms with van der Waals surface area (Å²) in [7, 11) is 3.86. The first kappa shape index (κ1) is 26.7. The SMILES string of the molecule is CC(C)CCC(=O)N1CC(=O)C2C1CCN2C(=O)[C@H](CC(C)C)NC(=O)c1ccc(N(C)C)cc1. The normalized spacial score (nSPS) is 20.4. The molecular formula is C27H40N4O4. The molecule has 1 aromatic carbocycles. The molecule has 2 aliphatic heterocycles. The molecule has 8 heteroatoms. The average Bonchev–Trinajstić information content (AvgIpc) is 3.37. The van der Waals surface area contributed by atoms with E-state index < -0.39 is 12.1 Å². The first-order valence-electron chi connectivity index (χ1n) is 12.7. The van der Waals surface area contributed by atoms with E-state index in [1.54, 1.807) is 21.9 Å². The molecule has 2 aliphatic rings. The Morgan fingerprint density at radius 1 is 1.03 bits per heavy atom. The van der Waals surface area contributed by atoms with Crippen LogP contribution in [0, 0.1) is 11.8 Å². The van der Waals surface area contributed by atoms with Crippen LogP contribution in [0.15, 0.2) is 24.3 Å². The monoisotopic (exact) mass is 484 g/mol. The van der Waals surface area contributed by atoms with Crippen molar-refractivity contribution >= 4 is 29.2 Å². The van der Waals surface area contributed by atoms with Crippen LogP contribution < -0.4 is 10.2 Å². The van der Waals surface area contributed by atoms with Crippen molar-refractivity contribution in [3.8, 4) is 0 Å². The predicted molar refractivity (Wildman–Crippen MR) is 136 cm³/mol. The molecule has 3 atom stereocenters. The van der Waals surface area contributed by atoms with Crippen molar-refractivity contribution in [2.24, 2.45) is 11.8 Å². The van der Waals surface area contributed by atoms with Gasteiger partial charge in [-0.15, -0.1) is 0 Å². The molecule has 35 heavy (non-hydrogen) atoms. The molecule has 1 N–H and O–H groups in total. The highest BCUT2D eigenvalue weighted by Gasteiger charge is 2.52. The Hall–Kier alpha value is -2.90. The van der Waals surface area contributed by atoms with E-state index in [0.29, 0.717) is 37.3 Å². The maximum absolute atomic E-state index is 13.6. The van der Waals surface area contributed by atoms with Crippen molar-refractivity contribution in [1.29, 1.82) is 0 Å². The van der Waals surface area contributed by atoms with Gasteiger partial charge in [-0.3, -0.25) is 19.2 Å². The number of ketones is 1. The molecule has 2 fully saturated rings. The van der Waals surface area contributed by atoms with E-state index in [0.717, 1.165) is 12.1 Å². The molecule has 0 bridgehead atoms. The van der Waals surface area contributed by atoms with Crippen molar-refractivity contribution in [2.45, 2.75) is 71.5 Å². The quantitative estimate of drug-likeness (QED) is 0.582. The Kier molecular flexibility index (Phi) is 8.56. The van der Waals surface area contributed by atoms with Gasteiger partial charge >= 0.3 is 0 Å². The molecule has 192 valence electrons. The summed E-state index contributed by atoms with van der Waals surface area (Å²) in [6, 6.07) is 5.61. The molecule has 3 amide bonds. The number of nitrogens with one attached hydrogen (secondary N) is 1. The van der Waals surface area contributed by atoms with Crippen LogP contribution in [0.1, 0.15) is 63.7 Å². The lowest BCUT2D eigenvalue weighted by molar-refractivity contribution is -0.138. The van der Waals surface area contributed by atoms with Gasteiger partial charge in [-0.05, 0) is 55.4 Å². The van der Waals surface area contributed by atoms with Crippen LogP contribution in [0.25, 0.3) is 0 Å². The van der Waals surface area contributed by atoms with E-state index in [2.05, 4.69) is 19.2 Å². The predicted octanol–water partition coefficient (Wildman–Crippen LogP) is 2.71. The molecular weight excluding hydrogens is 444 g/mol. The summed E-state index contributed by atoms with van der Waals surface area (Å²) in [6.07, 6.45) is 2.26. The minimum absolute atomic E-state index is 0.0120. The molecule has 0 aliphatic carbocycles. The van der Waals surface area contributed by atoms with E-state index in [-0.39, 0.29) is 42.0 Å². The van der Waals surface area contributed by atoms with Crippen LogP contribution in [-0.2, 0) is 14.4 Å². The molecule has 0 radical (unpaired) electrons. The number of fused-ring (bicyclic) bond motifs is 1. The Labute approximate surface area is 209 Å². The molecule has 0 aromatic heterocycles. The van der Waals surface area contributed by atoms with Gasteiger partial charge in [0.25, 0.3) is 5.91 Å². The Morgan fingerprint density at radius 2 is 1.69 bits per heavy atom. The number of amides is 3. The fourth-order valence-electron chi connectivity index (χ4n) is 4.99. The van der Waals surface area contributed by atoms with Crippen LogP contribution in [0.4, 0.5) is 5.69 Å². The Bertz CT molecular complexity index is 941. The van der Waals surface area contributed by atoms with Gasteiger partial charge in [0.1, 0.15) is 12.1 Å². The zero-order valence-electron chi connectivity index (χ0n) is 21.9. The second-order valence-corrected chi connectivity index (χ2v) is 10.8. The molecule has 3 rings (SSSR count). The van der Waals surface area contributed by atoms with Crippen molar-refractivity contribution in [2.75, 3.05) is 32.1 Å². The number of Topliss-reactive ketones (excluding diaryl/α,β-unsaturated/α-hetero) is 1. The van der Waals surface area contributed by atoms with Crippen molar-refractivity contribution in [3.05, 3.63) is 29.8 Å². The van der Waals surface area contributed by atoms with Gasteiger partial charge in [0, 0.05) is 38.3 Å². The van der Waals surface area contributed by atoms with Crippen molar-refractivity contribution in [3.63, 3.8) is 0 Å². The molecule has 0 saturated carbocycles. The van der Waals surface area contributed by atoms with Crippen molar-refractivity contribution in [1.82, 2.24) is 15.1 Å². The third-order valence-electron chi connectivity index (χ3n) is 6.92. The zero-order chi connectivity index (χ0) is 25.9. The number of rotatable bonds is 9. The minimum Gasteiger partial charge on any atom is -0.378 e. The van der Waals surface area contributed by atoms with Crippen LogP contribution >= 0.6 is 0 Å². The summed E-state index contributed by atoms with van der Waals surface area (Å²) >= 11 is 0. The number of nitrogens with zero attached hydrogens (tertiary/aromatic N) is 3. The number of carbonyl (C=O) groups excluding carboxylic acids is 4. The summed E-state index contributed by atoms with van der Waals surface area (Å²) in [6.45, 7) is 8.62. The van der Waals surface area contributed by atoms with Crippen LogP contribution in [-0.4, -0.2) is 78.6 Å². The highest BCUT2D eigenvalue weighted by atomic mass is 16.2. The van der Waals surface area contributed by atoms with E-state index in [4.69, 9.17) is 0 Å². The second kappa shape index (κ2) is 11.2. The first-order valence-corrected chi connectivity index (χ1v) is 12.7. The Morgan fingerprint density at radius 3 is 2.26 bits per heavy atom. The minimum atomic E-state index is -0.728. The highest BCUT2D eigenvalue weighted by Crippen LogP contribution is 2.31. The molecule has 0 spiro atoms. The van der Waals surface area contributed by atoms with Gasteiger partial charge in [-0.1, -0.05) is 27.7 Å². The first-order chi connectivity index (χ1) is 16.5. The summed E-state index contributed by atoms with van der Waals surface area (Å²) in [5.74, 6) is -0.0707. The maximum atomic E-state index is 13.6. The van der Waals surface area contributed by atoms with Crippen molar-refractivity contribution < 1.29 is 19.2 Å². The summed E-state index contributed by atoms with van der Waals surface area (Å²) < 4.78 is 0. The second-order valence-electron chi connectivity index (χ2n) is 10.8. The number of likely N-dealkylation sites (tertiary alicyclic amines) is 2. The lowest BCUT2D eigenvalue weighted by atomic mass is 10.0. The molecule has 2 unspecified atom stereocenters. The summed E-state index contributed by atoms with van der Waals surface area (Å²) in [5.41, 5.74) is 1.46. The number of hydrogen-bond acceptors (Lipinski definition) is 5. The zero-order valence-corrected chi connectivity index (χ0v) is 21.9. The van der Waals surface area contributed by atoms with E-state index >= 15 is 0 Å². The standard InChI is InChI=1S/C27H40N4O4/c1-17(2)7-12-24(33)31-16-23(32)25-22(31)13-14-30(25)27(35)21(15-18(3)4)28-26(34)19-8-10-20(11-9-19)29(5)6/h8-11,17-18,21-22,25H,7,12-16H2,1-6H3,(H,28,34)/t21-,22?,25?/m0/s1. The molecule has 2 saturated heterocycles. The number of hydrogen-bond donors (Lipinski definition) is 1. The van der Waals surface area contributed by atoms with Gasteiger partial charge in [-0.2, -0.15) is 0 Å². The smallest absolute Gasteiger partial charge is 0.251 e. The van der Waals surface area contributed by atoms with Crippen LogP contribution in [0.3, 0.4) is 0 Å². The third-order valence-corrected chi connectivity index (χ3v) is 6.92. The van der Waals surface area contributed by atoms with Gasteiger partial charge in [0.15, 0.2) is 5.78 Å². The Balaban J connectivity index is 1.72. The van der Waals surface area contributed by atoms with Gasteiger partial charge in [-0.25, -0.2) is 0 Å². The van der Waals surface area contributed by atoms with Gasteiger partial charge < -0.3 is 20.0 Å². The number of benzene rings is 1. The fourth-order valence-corrected chi connectivity index (χ4v) is 4.99. The summed E-state index contributed by atoms with van der Waals surface area (Å²) in [4.78, 5) is 57.5. The van der Waals surface area contributed by atoms with E-state index in [1.165, 1.54) is 0 Å². The van der Waals surface area contributed by atoms with Gasteiger partial charge in [0.05, 0.1) is 12.6 Å². The number of carbonyl (C=O) groups is 4. The highest BCUT2D eigenvalue weighted by molar-refractivity contribution is 6.01. The lowest BCUT2D eigenvalue weighted by Gasteiger charge is -2.29. The van der Waals surface area contributed by atoms with E-state index in [1.807, 2.05) is 45.0 Å². The lowest BCUT2D eigenvalue weighted by Crippen LogP contribution is -2.53. The maximum Gasteiger partial charge on any atom is 0.251 e. The molecule has 1 aromatic rings. The molecule has 8 nitrogen and oxygen atoms in total. The topological polar surface area (TPSA) is 90.0 Å². The fraction of sp³-hybridized carbons (Fsp3) is 0.630. The summed E-state index contributed by atoms with van der Waals surface area (Å²) in [5, 5.41) is 2.92. The largest absolute Gasteiger partial charge is 0.378 e. The molecule has 2 heterocycles. The van der Waals surface area contributed by atoms with Crippen LogP contribution in [0.5, 0.6) is 0 Å². The number of anilines is 1.